The lowest BCUT2D eigenvalue weighted by molar-refractivity contribution is -0.144. The van der Waals surface area contributed by atoms with Crippen molar-refractivity contribution in [1.82, 2.24) is 4.90 Å². The fourth-order valence-electron chi connectivity index (χ4n) is 5.66. The van der Waals surface area contributed by atoms with Crippen molar-refractivity contribution in [3.63, 3.8) is 0 Å². The molecule has 1 aliphatic carbocycles. The second kappa shape index (κ2) is 11.0. The van der Waals surface area contributed by atoms with E-state index in [2.05, 4.69) is 25.2 Å². The van der Waals surface area contributed by atoms with Crippen LogP contribution in [-0.4, -0.2) is 51.8 Å². The maximum absolute atomic E-state index is 13.0. The number of allylic oxidation sites excluding steroid dienone is 2. The average molecular weight is 476 g/mol. The van der Waals surface area contributed by atoms with Gasteiger partial charge in [0.05, 0.1) is 12.0 Å². The van der Waals surface area contributed by atoms with Gasteiger partial charge in [-0.05, 0) is 84.6 Å². The zero-order valence-electron chi connectivity index (χ0n) is 21.3. The van der Waals surface area contributed by atoms with E-state index < -0.39 is 11.6 Å². The summed E-state index contributed by atoms with van der Waals surface area (Å²) in [4.78, 5) is 38.2. The lowest BCUT2D eigenvalue weighted by atomic mass is 9.72. The molecule has 2 heterocycles. The van der Waals surface area contributed by atoms with Crippen LogP contribution in [0.1, 0.15) is 86.0 Å². The van der Waals surface area contributed by atoms with Crippen molar-refractivity contribution in [3.8, 4) is 0 Å². The van der Waals surface area contributed by atoms with E-state index in [0.717, 1.165) is 44.1 Å². The Morgan fingerprint density at radius 2 is 1.97 bits per heavy atom. The second-order valence-electron chi connectivity index (χ2n) is 11.2. The van der Waals surface area contributed by atoms with Gasteiger partial charge in [-0.1, -0.05) is 24.6 Å². The average Bonchev–Trinajstić information content (AvgIpc) is 3.01. The van der Waals surface area contributed by atoms with Crippen molar-refractivity contribution in [2.24, 2.45) is 17.8 Å². The number of unbranched alkanes of at least 4 members (excludes halogenated alkanes) is 1. The molecule has 1 N–H and O–H groups in total. The Morgan fingerprint density at radius 1 is 1.24 bits per heavy atom. The number of carbonyl (C=O) groups is 3. The first-order valence-corrected chi connectivity index (χ1v) is 12.8. The van der Waals surface area contributed by atoms with E-state index in [0.29, 0.717) is 6.42 Å². The van der Waals surface area contributed by atoms with Crippen LogP contribution in [0.4, 0.5) is 4.79 Å². The van der Waals surface area contributed by atoms with Gasteiger partial charge in [-0.2, -0.15) is 0 Å². The van der Waals surface area contributed by atoms with Gasteiger partial charge in [0.25, 0.3) is 0 Å². The molecule has 3 rings (SSSR count). The minimum atomic E-state index is -0.771. The number of piperidine rings is 1. The number of esters is 1. The predicted molar refractivity (Wildman–Crippen MR) is 129 cm³/mol. The van der Waals surface area contributed by atoms with Crippen molar-refractivity contribution in [3.05, 3.63) is 23.8 Å². The topological polar surface area (TPSA) is 93.1 Å². The first-order chi connectivity index (χ1) is 16.0. The lowest BCUT2D eigenvalue weighted by Gasteiger charge is -2.40. The molecule has 0 saturated carbocycles. The molecular formula is C27H41NO6. The molecule has 3 aliphatic rings. The Bertz CT molecular complexity index is 825. The third-order valence-corrected chi connectivity index (χ3v) is 7.20. The molecule has 0 bridgehead atoms. The van der Waals surface area contributed by atoms with Crippen molar-refractivity contribution < 1.29 is 29.0 Å². The summed E-state index contributed by atoms with van der Waals surface area (Å²) in [6.45, 7) is 9.66. The summed E-state index contributed by atoms with van der Waals surface area (Å²) in [6, 6.07) is 0.0471. The lowest BCUT2D eigenvalue weighted by Crippen LogP contribution is -2.49. The van der Waals surface area contributed by atoms with Gasteiger partial charge in [0.1, 0.15) is 11.7 Å². The summed E-state index contributed by atoms with van der Waals surface area (Å²) in [7, 11) is 0. The molecule has 6 atom stereocenters. The monoisotopic (exact) mass is 475 g/mol. The molecular weight excluding hydrogens is 434 g/mol. The molecule has 0 aromatic rings. The van der Waals surface area contributed by atoms with Crippen LogP contribution in [0.2, 0.25) is 0 Å². The number of likely N-dealkylation sites (tertiary alicyclic amines) is 1. The fraction of sp³-hybridized carbons (Fsp3) is 0.741. The molecule has 0 unspecified atom stereocenters. The molecule has 7 heteroatoms. The van der Waals surface area contributed by atoms with Gasteiger partial charge in [0.2, 0.25) is 0 Å². The summed E-state index contributed by atoms with van der Waals surface area (Å²) in [5, 5.41) is 8.90. The highest BCUT2D eigenvalue weighted by atomic mass is 16.6. The third-order valence-electron chi connectivity index (χ3n) is 7.20. The maximum Gasteiger partial charge on any atom is 0.411 e. The van der Waals surface area contributed by atoms with Gasteiger partial charge in [-0.15, -0.1) is 0 Å². The van der Waals surface area contributed by atoms with E-state index in [4.69, 9.17) is 14.6 Å². The standard InChI is InChI=1S/C27H41NO6/c1-17-9-8-11-21(28(17)26(32)34-27(3,4)5)14-13-20-15-19(10-6-7-12-23(29)30)16-22-24(20)18(2)33-25(22)31/h13-15,17-19,21-22,24H,6-12,16H2,1-5H3,(H,29,30)/b14-13+/t17-,18-,19-,21+,22-,24+/m1/s1. The molecule has 0 aromatic carbocycles. The van der Waals surface area contributed by atoms with Crippen LogP contribution in [0.3, 0.4) is 0 Å². The molecule has 0 radical (unpaired) electrons. The zero-order chi connectivity index (χ0) is 25.0. The first-order valence-electron chi connectivity index (χ1n) is 12.8. The number of hydrogen-bond donors (Lipinski definition) is 1. The fourth-order valence-corrected chi connectivity index (χ4v) is 5.66. The summed E-state index contributed by atoms with van der Waals surface area (Å²) >= 11 is 0. The molecule has 190 valence electrons. The number of hydrogen-bond acceptors (Lipinski definition) is 5. The van der Waals surface area contributed by atoms with Crippen molar-refractivity contribution >= 4 is 18.0 Å². The number of cyclic esters (lactones) is 1. The summed E-state index contributed by atoms with van der Waals surface area (Å²) in [5.74, 6) is -0.813. The molecule has 34 heavy (non-hydrogen) atoms. The van der Waals surface area contributed by atoms with Gasteiger partial charge in [-0.25, -0.2) is 4.79 Å². The van der Waals surface area contributed by atoms with Crippen LogP contribution in [0.5, 0.6) is 0 Å². The number of carbonyl (C=O) groups excluding carboxylic acids is 2. The number of ether oxygens (including phenoxy) is 2. The van der Waals surface area contributed by atoms with E-state index in [1.54, 1.807) is 0 Å². The number of amides is 1. The zero-order valence-corrected chi connectivity index (χ0v) is 21.3. The second-order valence-corrected chi connectivity index (χ2v) is 11.2. The van der Waals surface area contributed by atoms with E-state index >= 15 is 0 Å². The Balaban J connectivity index is 1.78. The number of carboxylic acids is 1. The number of nitrogens with zero attached hydrogens (tertiary/aromatic N) is 1. The largest absolute Gasteiger partial charge is 0.481 e. The highest BCUT2D eigenvalue weighted by Gasteiger charge is 2.46. The summed E-state index contributed by atoms with van der Waals surface area (Å²) in [6.07, 6.45) is 12.1. The van der Waals surface area contributed by atoms with E-state index in [1.807, 2.05) is 32.6 Å². The normalized spacial score (nSPS) is 31.7. The highest BCUT2D eigenvalue weighted by molar-refractivity contribution is 5.76. The minimum absolute atomic E-state index is 0.0232. The summed E-state index contributed by atoms with van der Waals surface area (Å²) in [5.41, 5.74) is 0.548. The van der Waals surface area contributed by atoms with Crippen LogP contribution in [-0.2, 0) is 19.1 Å². The van der Waals surface area contributed by atoms with Crippen LogP contribution in [0, 0.1) is 17.8 Å². The number of fused-ring (bicyclic) bond motifs is 1. The van der Waals surface area contributed by atoms with Crippen molar-refractivity contribution in [2.45, 2.75) is 110 Å². The molecule has 0 spiro atoms. The van der Waals surface area contributed by atoms with Crippen LogP contribution >= 0.6 is 0 Å². The van der Waals surface area contributed by atoms with Gasteiger partial charge in [0.15, 0.2) is 0 Å². The van der Waals surface area contributed by atoms with Crippen LogP contribution in [0.25, 0.3) is 0 Å². The highest BCUT2D eigenvalue weighted by Crippen LogP contribution is 2.44. The Morgan fingerprint density at radius 3 is 2.65 bits per heavy atom. The van der Waals surface area contributed by atoms with E-state index in [9.17, 15) is 14.4 Å². The first kappa shape index (κ1) is 26.3. The molecule has 2 aliphatic heterocycles. The molecule has 2 fully saturated rings. The maximum atomic E-state index is 13.0. The van der Waals surface area contributed by atoms with E-state index in [-0.39, 0.29) is 54.4 Å². The van der Waals surface area contributed by atoms with Crippen molar-refractivity contribution in [2.75, 3.05) is 0 Å². The molecule has 0 aromatic heterocycles. The quantitative estimate of drug-likeness (QED) is 0.387. The predicted octanol–water partition coefficient (Wildman–Crippen LogP) is 5.49. The van der Waals surface area contributed by atoms with Gasteiger partial charge >= 0.3 is 18.0 Å². The Labute approximate surface area is 203 Å². The van der Waals surface area contributed by atoms with Crippen molar-refractivity contribution in [1.29, 1.82) is 0 Å². The summed E-state index contributed by atoms with van der Waals surface area (Å²) < 4.78 is 11.3. The van der Waals surface area contributed by atoms with E-state index in [1.165, 1.54) is 0 Å². The Kier molecular flexibility index (Phi) is 8.47. The third kappa shape index (κ3) is 6.63. The molecule has 1 amide bonds. The molecule has 7 nitrogen and oxygen atoms in total. The van der Waals surface area contributed by atoms with Gasteiger partial charge < -0.3 is 14.6 Å². The van der Waals surface area contributed by atoms with Crippen LogP contribution < -0.4 is 0 Å². The number of rotatable bonds is 7. The van der Waals surface area contributed by atoms with Gasteiger partial charge in [0, 0.05) is 18.4 Å². The van der Waals surface area contributed by atoms with Crippen LogP contribution in [0.15, 0.2) is 23.8 Å². The Hall–Kier alpha value is -2.31. The van der Waals surface area contributed by atoms with Gasteiger partial charge in [-0.3, -0.25) is 14.5 Å². The minimum Gasteiger partial charge on any atom is -0.481 e. The number of carboxylic acid groups (broad SMARTS) is 1. The molecule has 2 saturated heterocycles. The SMILES string of the molecule is C[C@@H]1CCC[C@@H](/C=C/C2=C[C@@H](CCCCC(=O)O)C[C@H]3C(=O)O[C@H](C)[C@@H]23)N1C(=O)OC(C)(C)C. The smallest absolute Gasteiger partial charge is 0.411 e. The number of aliphatic carboxylic acids is 1.